The first-order valence-corrected chi connectivity index (χ1v) is 9.37. The van der Waals surface area contributed by atoms with Crippen molar-refractivity contribution in [1.82, 2.24) is 4.90 Å². The number of carbonyl (C=O) groups excluding carboxylic acids is 3. The molecule has 162 valence electrons. The number of hydrogen-bond acceptors (Lipinski definition) is 5. The number of benzene rings is 1. The van der Waals surface area contributed by atoms with E-state index >= 15 is 0 Å². The van der Waals surface area contributed by atoms with E-state index in [4.69, 9.17) is 9.47 Å². The summed E-state index contributed by atoms with van der Waals surface area (Å²) in [6.45, 7) is 1.24. The smallest absolute Gasteiger partial charge is 0.430 e. The van der Waals surface area contributed by atoms with Crippen LogP contribution in [-0.4, -0.2) is 54.5 Å². The van der Waals surface area contributed by atoms with Gasteiger partial charge < -0.3 is 14.4 Å². The van der Waals surface area contributed by atoms with Gasteiger partial charge in [0.2, 0.25) is 0 Å². The van der Waals surface area contributed by atoms with E-state index in [1.807, 2.05) is 0 Å². The molecule has 1 fully saturated rings. The van der Waals surface area contributed by atoms with Gasteiger partial charge in [0.05, 0.1) is 18.7 Å². The van der Waals surface area contributed by atoms with Crippen molar-refractivity contribution in [2.45, 2.75) is 49.5 Å². The second-order valence-corrected chi connectivity index (χ2v) is 7.42. The fourth-order valence-electron chi connectivity index (χ4n) is 4.57. The summed E-state index contributed by atoms with van der Waals surface area (Å²) < 4.78 is 52.9. The summed E-state index contributed by atoms with van der Waals surface area (Å²) in [4.78, 5) is 39.4. The van der Waals surface area contributed by atoms with Gasteiger partial charge in [0, 0.05) is 12.7 Å². The second kappa shape index (κ2) is 7.54. The van der Waals surface area contributed by atoms with Crippen LogP contribution in [-0.2, 0) is 29.5 Å². The summed E-state index contributed by atoms with van der Waals surface area (Å²) in [5, 5.41) is 0. The van der Waals surface area contributed by atoms with Crippen LogP contribution in [0.15, 0.2) is 42.0 Å². The molecule has 3 rings (SSSR count). The van der Waals surface area contributed by atoms with Crippen LogP contribution in [0, 0.1) is 0 Å². The number of fused-ring (bicyclic) bond motifs is 2. The molecular formula is C21H22F3NO5. The summed E-state index contributed by atoms with van der Waals surface area (Å²) in [6.07, 6.45) is -3.40. The quantitative estimate of drug-likeness (QED) is 0.679. The first-order chi connectivity index (χ1) is 14.1. The molecule has 0 N–H and O–H groups in total. The van der Waals surface area contributed by atoms with E-state index < -0.39 is 46.6 Å². The molecule has 3 atom stereocenters. The minimum absolute atomic E-state index is 0.0680. The summed E-state index contributed by atoms with van der Waals surface area (Å²) in [6, 6.07) is 5.55. The van der Waals surface area contributed by atoms with Crippen molar-refractivity contribution in [3.05, 3.63) is 47.5 Å². The molecule has 1 saturated heterocycles. The summed E-state index contributed by atoms with van der Waals surface area (Å²) in [5.74, 6) is -2.61. The SMILES string of the molecule is COC(=O)C1=CC[C@]2(C(C)=O)CC[C@H]1N2C(=O)[C@](OC)(c1ccccc1)C(F)(F)F. The lowest BCUT2D eigenvalue weighted by Gasteiger charge is -2.46. The predicted molar refractivity (Wildman–Crippen MR) is 99.2 cm³/mol. The number of Topliss-reactive ketones (excluding diaryl/α,β-unsaturated/α-hetero) is 1. The Morgan fingerprint density at radius 2 is 1.77 bits per heavy atom. The Hall–Kier alpha value is -2.68. The number of carbonyl (C=O) groups is 3. The fraction of sp³-hybridized carbons (Fsp3) is 0.476. The number of amides is 1. The highest BCUT2D eigenvalue weighted by Gasteiger charge is 2.68. The number of esters is 1. The van der Waals surface area contributed by atoms with Crippen molar-refractivity contribution in [3.63, 3.8) is 0 Å². The summed E-state index contributed by atoms with van der Waals surface area (Å²) in [7, 11) is 1.96. The average Bonchev–Trinajstić information content (AvgIpc) is 2.98. The largest absolute Gasteiger partial charge is 0.466 e. The van der Waals surface area contributed by atoms with Gasteiger partial charge in [-0.1, -0.05) is 36.4 Å². The zero-order chi connectivity index (χ0) is 22.3. The van der Waals surface area contributed by atoms with E-state index in [1.54, 1.807) is 0 Å². The Morgan fingerprint density at radius 1 is 1.13 bits per heavy atom. The number of ketones is 1. The lowest BCUT2D eigenvalue weighted by molar-refractivity contribution is -0.272. The molecule has 1 amide bonds. The number of halogens is 3. The normalized spacial score (nSPS) is 25.3. The van der Waals surface area contributed by atoms with Gasteiger partial charge in [-0.3, -0.25) is 9.59 Å². The molecule has 1 aromatic carbocycles. The van der Waals surface area contributed by atoms with Gasteiger partial charge in [-0.25, -0.2) is 4.79 Å². The Balaban J connectivity index is 2.22. The van der Waals surface area contributed by atoms with Gasteiger partial charge in [0.1, 0.15) is 5.54 Å². The van der Waals surface area contributed by atoms with Crippen molar-refractivity contribution in [2.75, 3.05) is 14.2 Å². The van der Waals surface area contributed by atoms with Gasteiger partial charge in [0.15, 0.2) is 5.78 Å². The van der Waals surface area contributed by atoms with Crippen molar-refractivity contribution in [2.24, 2.45) is 0 Å². The third-order valence-electron chi connectivity index (χ3n) is 6.10. The number of methoxy groups -OCH3 is 2. The van der Waals surface area contributed by atoms with Crippen LogP contribution < -0.4 is 0 Å². The number of ether oxygens (including phenoxy) is 2. The lowest BCUT2D eigenvalue weighted by atomic mass is 9.82. The third kappa shape index (κ3) is 2.94. The molecule has 0 aliphatic carbocycles. The molecule has 0 radical (unpaired) electrons. The van der Waals surface area contributed by atoms with Gasteiger partial charge >= 0.3 is 12.1 Å². The Morgan fingerprint density at radius 3 is 2.27 bits per heavy atom. The topological polar surface area (TPSA) is 72.9 Å². The first-order valence-electron chi connectivity index (χ1n) is 9.37. The molecule has 2 aliphatic rings. The van der Waals surface area contributed by atoms with Crippen molar-refractivity contribution in [3.8, 4) is 0 Å². The van der Waals surface area contributed by atoms with Crippen LogP contribution in [0.5, 0.6) is 0 Å². The van der Waals surface area contributed by atoms with E-state index in [0.717, 1.165) is 31.3 Å². The minimum Gasteiger partial charge on any atom is -0.466 e. The van der Waals surface area contributed by atoms with Gasteiger partial charge in [-0.2, -0.15) is 13.2 Å². The summed E-state index contributed by atoms with van der Waals surface area (Å²) in [5.41, 5.74) is -5.13. The average molecular weight is 425 g/mol. The maximum atomic E-state index is 14.4. The monoisotopic (exact) mass is 425 g/mol. The van der Waals surface area contributed by atoms with Crippen LogP contribution in [0.2, 0.25) is 0 Å². The Labute approximate surface area is 171 Å². The maximum Gasteiger partial charge on any atom is 0.430 e. The third-order valence-corrected chi connectivity index (χ3v) is 6.10. The zero-order valence-electron chi connectivity index (χ0n) is 16.8. The van der Waals surface area contributed by atoms with E-state index in [2.05, 4.69) is 0 Å². The number of hydrogen-bond donors (Lipinski definition) is 0. The van der Waals surface area contributed by atoms with E-state index in [0.29, 0.717) is 0 Å². The summed E-state index contributed by atoms with van der Waals surface area (Å²) >= 11 is 0. The van der Waals surface area contributed by atoms with Crippen LogP contribution in [0.25, 0.3) is 0 Å². The molecule has 30 heavy (non-hydrogen) atoms. The molecule has 6 nitrogen and oxygen atoms in total. The number of rotatable bonds is 5. The highest BCUT2D eigenvalue weighted by Crippen LogP contribution is 2.51. The van der Waals surface area contributed by atoms with Gasteiger partial charge in [0.25, 0.3) is 11.5 Å². The molecular weight excluding hydrogens is 403 g/mol. The van der Waals surface area contributed by atoms with E-state index in [-0.39, 0.29) is 24.8 Å². The highest BCUT2D eigenvalue weighted by molar-refractivity contribution is 6.00. The number of alkyl halides is 3. The maximum absolute atomic E-state index is 14.4. The highest BCUT2D eigenvalue weighted by atomic mass is 19.4. The standard InChI is InChI=1S/C21H22F3NO5/c1-13(26)19-11-9-15(17(27)29-2)16(10-12-19)25(19)18(28)20(30-3,21(22,23)24)14-7-5-4-6-8-14/h4-9,16H,10-12H2,1-3H3/t16-,19-,20-/m1/s1. The molecule has 0 spiro atoms. The van der Waals surface area contributed by atoms with Gasteiger partial charge in [-0.15, -0.1) is 0 Å². The van der Waals surface area contributed by atoms with Crippen LogP contribution in [0.4, 0.5) is 13.2 Å². The fourth-order valence-corrected chi connectivity index (χ4v) is 4.57. The Bertz CT molecular complexity index is 898. The molecule has 9 heteroatoms. The second-order valence-electron chi connectivity index (χ2n) is 7.42. The number of nitrogens with zero attached hydrogens (tertiary/aromatic N) is 1. The molecule has 1 aromatic rings. The van der Waals surface area contributed by atoms with Crippen molar-refractivity contribution < 1.29 is 37.0 Å². The first kappa shape index (κ1) is 22.0. The Kier molecular flexibility index (Phi) is 5.53. The van der Waals surface area contributed by atoms with Crippen LogP contribution in [0.1, 0.15) is 31.7 Å². The molecule has 0 saturated carbocycles. The van der Waals surface area contributed by atoms with Crippen LogP contribution in [0.3, 0.4) is 0 Å². The molecule has 2 aliphatic heterocycles. The molecule has 0 unspecified atom stereocenters. The van der Waals surface area contributed by atoms with Crippen molar-refractivity contribution >= 4 is 17.7 Å². The van der Waals surface area contributed by atoms with Gasteiger partial charge in [-0.05, 0) is 26.2 Å². The molecule has 2 bridgehead atoms. The van der Waals surface area contributed by atoms with E-state index in [9.17, 15) is 27.6 Å². The van der Waals surface area contributed by atoms with Crippen molar-refractivity contribution in [1.29, 1.82) is 0 Å². The molecule has 0 aromatic heterocycles. The predicted octanol–water partition coefficient (Wildman–Crippen LogP) is 2.91. The lowest BCUT2D eigenvalue weighted by Crippen LogP contribution is -2.65. The minimum atomic E-state index is -5.12. The van der Waals surface area contributed by atoms with E-state index in [1.165, 1.54) is 31.2 Å². The zero-order valence-corrected chi connectivity index (χ0v) is 16.8. The van der Waals surface area contributed by atoms with Crippen LogP contribution >= 0.6 is 0 Å². The molecule has 2 heterocycles.